The largest absolute Gasteiger partial charge is 0.316 e. The molecule has 1 rings (SSSR count). The van der Waals surface area contributed by atoms with Crippen molar-refractivity contribution >= 4 is 11.6 Å². The fourth-order valence-corrected chi connectivity index (χ4v) is 1.11. The first-order valence-corrected chi connectivity index (χ1v) is 3.74. The van der Waals surface area contributed by atoms with Crippen LogP contribution < -0.4 is 5.48 Å². The number of hydrogen-bond acceptors (Lipinski definition) is 2. The molecule has 0 spiro atoms. The summed E-state index contributed by atoms with van der Waals surface area (Å²) in [7, 11) is 0. The van der Waals surface area contributed by atoms with Gasteiger partial charge in [-0.05, 0) is 18.6 Å². The number of rotatable bonds is 2. The highest BCUT2D eigenvalue weighted by Gasteiger charge is 1.97. The van der Waals surface area contributed by atoms with E-state index < -0.39 is 0 Å². The minimum absolute atomic E-state index is 0.389. The number of hydroxylamine groups is 1. The van der Waals surface area contributed by atoms with Crippen LogP contribution in [0.3, 0.4) is 0 Å². The van der Waals surface area contributed by atoms with E-state index in [4.69, 9.17) is 16.8 Å². The Labute approximate surface area is 70.8 Å². The van der Waals surface area contributed by atoms with E-state index >= 15 is 0 Å². The SMILES string of the molecule is Cc1ccc(Cl)c(CNO)c1. The molecule has 0 fully saturated rings. The lowest BCUT2D eigenvalue weighted by Gasteiger charge is -2.02. The van der Waals surface area contributed by atoms with Gasteiger partial charge in [0.15, 0.2) is 0 Å². The number of aryl methyl sites for hydroxylation is 1. The molecule has 0 saturated carbocycles. The van der Waals surface area contributed by atoms with Crippen molar-refractivity contribution in [2.75, 3.05) is 0 Å². The first-order valence-electron chi connectivity index (χ1n) is 3.36. The van der Waals surface area contributed by atoms with Crippen molar-refractivity contribution in [1.29, 1.82) is 0 Å². The fourth-order valence-electron chi connectivity index (χ4n) is 0.924. The molecule has 0 aromatic heterocycles. The van der Waals surface area contributed by atoms with Crippen LogP contribution in [0.25, 0.3) is 0 Å². The van der Waals surface area contributed by atoms with E-state index in [1.807, 2.05) is 25.1 Å². The number of halogens is 1. The molecule has 1 aromatic rings. The lowest BCUT2D eigenvalue weighted by molar-refractivity contribution is 0.161. The monoisotopic (exact) mass is 171 g/mol. The number of nitrogens with one attached hydrogen (secondary N) is 1. The first-order chi connectivity index (χ1) is 5.24. The molecular formula is C8H10ClNO. The van der Waals surface area contributed by atoms with E-state index in [9.17, 15) is 0 Å². The molecule has 0 heterocycles. The minimum atomic E-state index is 0.389. The molecule has 0 saturated heterocycles. The van der Waals surface area contributed by atoms with Gasteiger partial charge in [0.1, 0.15) is 0 Å². The summed E-state index contributed by atoms with van der Waals surface area (Å²) in [4.78, 5) is 0. The summed E-state index contributed by atoms with van der Waals surface area (Å²) in [5, 5.41) is 9.10. The van der Waals surface area contributed by atoms with Gasteiger partial charge < -0.3 is 5.21 Å². The van der Waals surface area contributed by atoms with Crippen molar-refractivity contribution in [3.05, 3.63) is 34.3 Å². The van der Waals surface area contributed by atoms with Crippen LogP contribution in [0.5, 0.6) is 0 Å². The van der Waals surface area contributed by atoms with E-state index in [1.54, 1.807) is 0 Å². The highest BCUT2D eigenvalue weighted by atomic mass is 35.5. The Hall–Kier alpha value is -0.570. The third kappa shape index (κ3) is 2.19. The zero-order valence-electron chi connectivity index (χ0n) is 6.26. The van der Waals surface area contributed by atoms with Crippen LogP contribution in [-0.4, -0.2) is 5.21 Å². The summed E-state index contributed by atoms with van der Waals surface area (Å²) in [6, 6.07) is 5.69. The van der Waals surface area contributed by atoms with E-state index in [0.29, 0.717) is 11.6 Å². The second kappa shape index (κ2) is 3.72. The summed E-state index contributed by atoms with van der Waals surface area (Å²) < 4.78 is 0. The van der Waals surface area contributed by atoms with Crippen molar-refractivity contribution in [1.82, 2.24) is 5.48 Å². The molecule has 0 aliphatic rings. The quantitative estimate of drug-likeness (QED) is 0.669. The zero-order valence-corrected chi connectivity index (χ0v) is 7.02. The summed E-state index contributed by atoms with van der Waals surface area (Å²) >= 11 is 5.82. The van der Waals surface area contributed by atoms with Crippen LogP contribution in [0, 0.1) is 6.92 Å². The van der Waals surface area contributed by atoms with E-state index in [0.717, 1.165) is 11.1 Å². The summed E-state index contributed by atoms with van der Waals surface area (Å²) in [5.74, 6) is 0. The highest BCUT2D eigenvalue weighted by Crippen LogP contribution is 2.16. The van der Waals surface area contributed by atoms with E-state index in [2.05, 4.69) is 5.48 Å². The Bertz CT molecular complexity index is 250. The van der Waals surface area contributed by atoms with Gasteiger partial charge in [-0.25, -0.2) is 5.48 Å². The predicted molar refractivity (Wildman–Crippen MR) is 44.8 cm³/mol. The normalized spacial score (nSPS) is 10.1. The molecule has 0 radical (unpaired) electrons. The molecular weight excluding hydrogens is 162 g/mol. The Morgan fingerprint density at radius 3 is 2.91 bits per heavy atom. The molecule has 0 unspecified atom stereocenters. The van der Waals surface area contributed by atoms with Crippen molar-refractivity contribution in [2.45, 2.75) is 13.5 Å². The number of hydrogen-bond donors (Lipinski definition) is 2. The van der Waals surface area contributed by atoms with Crippen molar-refractivity contribution in [3.8, 4) is 0 Å². The second-order valence-corrected chi connectivity index (χ2v) is 2.84. The molecule has 0 atom stereocenters. The molecule has 3 heteroatoms. The predicted octanol–water partition coefficient (Wildman–Crippen LogP) is 2.13. The average Bonchev–Trinajstić information content (AvgIpc) is 1.98. The first kappa shape index (κ1) is 8.53. The Morgan fingerprint density at radius 1 is 1.55 bits per heavy atom. The van der Waals surface area contributed by atoms with Gasteiger partial charge in [0.05, 0.1) is 0 Å². The topological polar surface area (TPSA) is 32.3 Å². The van der Waals surface area contributed by atoms with Gasteiger partial charge in [-0.3, -0.25) is 0 Å². The van der Waals surface area contributed by atoms with Crippen LogP contribution >= 0.6 is 11.6 Å². The third-order valence-corrected chi connectivity index (χ3v) is 1.84. The second-order valence-electron chi connectivity index (χ2n) is 2.43. The molecule has 1 aromatic carbocycles. The van der Waals surface area contributed by atoms with Gasteiger partial charge in [0, 0.05) is 11.6 Å². The molecule has 60 valence electrons. The molecule has 0 amide bonds. The summed E-state index contributed by atoms with van der Waals surface area (Å²) in [6.07, 6.45) is 0. The highest BCUT2D eigenvalue weighted by molar-refractivity contribution is 6.31. The van der Waals surface area contributed by atoms with E-state index in [1.165, 1.54) is 0 Å². The Morgan fingerprint density at radius 2 is 2.27 bits per heavy atom. The minimum Gasteiger partial charge on any atom is -0.316 e. The van der Waals surface area contributed by atoms with Gasteiger partial charge >= 0.3 is 0 Å². The molecule has 11 heavy (non-hydrogen) atoms. The molecule has 2 N–H and O–H groups in total. The molecule has 0 aliphatic heterocycles. The smallest absolute Gasteiger partial charge is 0.0472 e. The van der Waals surface area contributed by atoms with Crippen LogP contribution in [0.1, 0.15) is 11.1 Å². The van der Waals surface area contributed by atoms with Crippen LogP contribution in [-0.2, 0) is 6.54 Å². The molecule has 2 nitrogen and oxygen atoms in total. The summed E-state index contributed by atoms with van der Waals surface area (Å²) in [6.45, 7) is 2.37. The maximum atomic E-state index is 8.43. The third-order valence-electron chi connectivity index (χ3n) is 1.47. The lowest BCUT2D eigenvalue weighted by Crippen LogP contribution is -2.06. The maximum Gasteiger partial charge on any atom is 0.0472 e. The van der Waals surface area contributed by atoms with E-state index in [-0.39, 0.29) is 0 Å². The lowest BCUT2D eigenvalue weighted by atomic mass is 10.1. The van der Waals surface area contributed by atoms with Crippen LogP contribution in [0.2, 0.25) is 5.02 Å². The summed E-state index contributed by atoms with van der Waals surface area (Å²) in [5.41, 5.74) is 4.12. The van der Waals surface area contributed by atoms with Crippen LogP contribution in [0.15, 0.2) is 18.2 Å². The van der Waals surface area contributed by atoms with Gasteiger partial charge in [-0.1, -0.05) is 29.3 Å². The Kier molecular flexibility index (Phi) is 2.88. The average molecular weight is 172 g/mol. The van der Waals surface area contributed by atoms with Gasteiger partial charge in [-0.15, -0.1) is 0 Å². The van der Waals surface area contributed by atoms with Gasteiger partial charge in [0.2, 0.25) is 0 Å². The van der Waals surface area contributed by atoms with Crippen LogP contribution in [0.4, 0.5) is 0 Å². The van der Waals surface area contributed by atoms with Crippen molar-refractivity contribution in [3.63, 3.8) is 0 Å². The van der Waals surface area contributed by atoms with Crippen molar-refractivity contribution in [2.24, 2.45) is 0 Å². The standard InChI is InChI=1S/C8H10ClNO/c1-6-2-3-8(9)7(4-6)5-10-11/h2-4,10-11H,5H2,1H3. The Balaban J connectivity index is 2.93. The van der Waals surface area contributed by atoms with Gasteiger partial charge in [0.25, 0.3) is 0 Å². The maximum absolute atomic E-state index is 8.43. The molecule has 0 aliphatic carbocycles. The van der Waals surface area contributed by atoms with Gasteiger partial charge in [-0.2, -0.15) is 0 Å². The fraction of sp³-hybridized carbons (Fsp3) is 0.250. The van der Waals surface area contributed by atoms with Crippen molar-refractivity contribution < 1.29 is 5.21 Å². The number of benzene rings is 1. The molecule has 0 bridgehead atoms. The zero-order chi connectivity index (χ0) is 8.27.